The molecule has 2 aliphatic rings. The fourth-order valence-electron chi connectivity index (χ4n) is 3.27. The van der Waals surface area contributed by atoms with Gasteiger partial charge in [0.1, 0.15) is 17.5 Å². The van der Waals surface area contributed by atoms with E-state index in [0.717, 1.165) is 27.1 Å². The van der Waals surface area contributed by atoms with Crippen LogP contribution in [0.2, 0.25) is 0 Å². The molecule has 1 amide bonds. The van der Waals surface area contributed by atoms with Crippen molar-refractivity contribution in [2.24, 2.45) is 4.99 Å². The number of nitrogens with zero attached hydrogens (tertiary/aromatic N) is 3. The van der Waals surface area contributed by atoms with Crippen LogP contribution in [0.4, 0.5) is 11.5 Å². The van der Waals surface area contributed by atoms with Crippen molar-refractivity contribution >= 4 is 45.0 Å². The molecule has 0 saturated carbocycles. The summed E-state index contributed by atoms with van der Waals surface area (Å²) >= 11 is 3.60. The average Bonchev–Trinajstić information content (AvgIpc) is 3.13. The van der Waals surface area contributed by atoms with Crippen LogP contribution in [-0.4, -0.2) is 40.5 Å². The normalized spacial score (nSPS) is 16.2. The predicted molar refractivity (Wildman–Crippen MR) is 112 cm³/mol. The number of carbonyl (C=O) groups is 2. The lowest BCUT2D eigenvalue weighted by atomic mass is 10.0. The fourth-order valence-corrected chi connectivity index (χ4v) is 3.94. The van der Waals surface area contributed by atoms with E-state index in [2.05, 4.69) is 42.6 Å². The number of hydrogen-bond acceptors (Lipinski definition) is 6. The van der Waals surface area contributed by atoms with Crippen molar-refractivity contribution in [3.63, 3.8) is 0 Å². The number of aliphatic imine (C=N–C) groups is 1. The molecule has 0 aliphatic carbocycles. The van der Waals surface area contributed by atoms with Crippen molar-refractivity contribution in [2.45, 2.75) is 13.8 Å². The molecular formula is C20H18BrN5O2. The maximum Gasteiger partial charge on any atom is 0.222 e. The van der Waals surface area contributed by atoms with Gasteiger partial charge in [0.2, 0.25) is 5.91 Å². The Balaban J connectivity index is 1.65. The van der Waals surface area contributed by atoms with Crippen LogP contribution < -0.4 is 10.6 Å². The van der Waals surface area contributed by atoms with Gasteiger partial charge in [-0.15, -0.1) is 0 Å². The summed E-state index contributed by atoms with van der Waals surface area (Å²) in [5.74, 6) is 1.58. The number of anilines is 2. The third kappa shape index (κ3) is 3.43. The van der Waals surface area contributed by atoms with Crippen LogP contribution in [-0.2, 0) is 4.79 Å². The van der Waals surface area contributed by atoms with E-state index in [9.17, 15) is 9.59 Å². The smallest absolute Gasteiger partial charge is 0.222 e. The summed E-state index contributed by atoms with van der Waals surface area (Å²) in [5, 5.41) is 5.95. The van der Waals surface area contributed by atoms with Crippen molar-refractivity contribution in [1.82, 2.24) is 9.88 Å². The van der Waals surface area contributed by atoms with E-state index in [-0.39, 0.29) is 11.7 Å². The monoisotopic (exact) mass is 439 g/mol. The third-order valence-electron chi connectivity index (χ3n) is 4.48. The standard InChI is InChI=1S/C20H18BrN5O2/c1-11-7-14-19(15(21)8-11)25-18(26-6-5-22-20(14)26)9-16(28)13-3-4-17(23-10-13)24-12(2)27/h3-4,7-10,25H,5-6H2,1-2H3,(H,23,24,27)/b18-9+. The fraction of sp³-hybridized carbons (Fsp3) is 0.200. The van der Waals surface area contributed by atoms with Crippen LogP contribution in [0, 0.1) is 6.92 Å². The number of carbonyl (C=O) groups excluding carboxylic acids is 2. The van der Waals surface area contributed by atoms with E-state index in [1.165, 1.54) is 13.1 Å². The van der Waals surface area contributed by atoms with Crippen molar-refractivity contribution in [3.05, 3.63) is 63.5 Å². The van der Waals surface area contributed by atoms with Gasteiger partial charge in [0, 0.05) is 41.3 Å². The molecule has 1 aromatic carbocycles. The lowest BCUT2D eigenvalue weighted by Gasteiger charge is -2.32. The lowest BCUT2D eigenvalue weighted by molar-refractivity contribution is -0.114. The molecule has 28 heavy (non-hydrogen) atoms. The summed E-state index contributed by atoms with van der Waals surface area (Å²) in [6.45, 7) is 4.84. The van der Waals surface area contributed by atoms with Gasteiger partial charge in [0.25, 0.3) is 0 Å². The summed E-state index contributed by atoms with van der Waals surface area (Å²) in [7, 11) is 0. The molecule has 3 heterocycles. The highest BCUT2D eigenvalue weighted by Gasteiger charge is 2.31. The Bertz CT molecular complexity index is 1040. The SMILES string of the molecule is CC(=O)Nc1ccc(C(=O)/C=C2\Nc3c(Br)cc(C)cc3C3=NCCN32)cn1. The first-order valence-corrected chi connectivity index (χ1v) is 9.61. The predicted octanol–water partition coefficient (Wildman–Crippen LogP) is 3.32. The molecule has 0 radical (unpaired) electrons. The van der Waals surface area contributed by atoms with Crippen LogP contribution in [0.3, 0.4) is 0 Å². The molecule has 0 bridgehead atoms. The highest BCUT2D eigenvalue weighted by Crippen LogP contribution is 2.36. The zero-order valence-electron chi connectivity index (χ0n) is 15.4. The van der Waals surface area contributed by atoms with Gasteiger partial charge < -0.3 is 15.5 Å². The molecule has 2 aromatic rings. The van der Waals surface area contributed by atoms with E-state index >= 15 is 0 Å². The quantitative estimate of drug-likeness (QED) is 0.565. The highest BCUT2D eigenvalue weighted by molar-refractivity contribution is 9.10. The molecule has 0 spiro atoms. The number of aromatic nitrogens is 1. The minimum Gasteiger partial charge on any atom is -0.340 e. The van der Waals surface area contributed by atoms with E-state index in [1.807, 2.05) is 17.9 Å². The Labute approximate surface area is 170 Å². The van der Waals surface area contributed by atoms with Crippen LogP contribution in [0.25, 0.3) is 0 Å². The summed E-state index contributed by atoms with van der Waals surface area (Å²) in [6.07, 6.45) is 3.02. The molecule has 1 aromatic heterocycles. The number of ketones is 1. The van der Waals surface area contributed by atoms with Gasteiger partial charge in [-0.3, -0.25) is 14.6 Å². The average molecular weight is 440 g/mol. The second-order valence-electron chi connectivity index (χ2n) is 6.66. The zero-order chi connectivity index (χ0) is 19.8. The number of fused-ring (bicyclic) bond motifs is 3. The molecular weight excluding hydrogens is 422 g/mol. The Morgan fingerprint density at radius 2 is 2.14 bits per heavy atom. The Hall–Kier alpha value is -3.00. The number of aryl methyl sites for hydroxylation is 1. The van der Waals surface area contributed by atoms with Crippen molar-refractivity contribution in [3.8, 4) is 0 Å². The number of benzene rings is 1. The van der Waals surface area contributed by atoms with Gasteiger partial charge in [0.15, 0.2) is 5.78 Å². The van der Waals surface area contributed by atoms with E-state index in [1.54, 1.807) is 18.2 Å². The summed E-state index contributed by atoms with van der Waals surface area (Å²) < 4.78 is 0.927. The maximum absolute atomic E-state index is 12.8. The van der Waals surface area contributed by atoms with E-state index < -0.39 is 0 Å². The zero-order valence-corrected chi connectivity index (χ0v) is 17.0. The Morgan fingerprint density at radius 3 is 2.86 bits per heavy atom. The summed E-state index contributed by atoms with van der Waals surface area (Å²) in [5.41, 5.74) is 3.50. The summed E-state index contributed by atoms with van der Waals surface area (Å²) in [6, 6.07) is 7.38. The molecule has 0 fully saturated rings. The van der Waals surface area contributed by atoms with Crippen molar-refractivity contribution in [1.29, 1.82) is 0 Å². The van der Waals surface area contributed by atoms with E-state index in [0.29, 0.717) is 30.3 Å². The van der Waals surface area contributed by atoms with Gasteiger partial charge in [-0.2, -0.15) is 0 Å². The molecule has 0 saturated heterocycles. The third-order valence-corrected chi connectivity index (χ3v) is 5.11. The van der Waals surface area contributed by atoms with Crippen LogP contribution in [0.1, 0.15) is 28.4 Å². The Kier molecular flexibility index (Phi) is 4.72. The largest absolute Gasteiger partial charge is 0.340 e. The minimum atomic E-state index is -0.208. The molecule has 7 nitrogen and oxygen atoms in total. The number of nitrogens with one attached hydrogen (secondary N) is 2. The lowest BCUT2D eigenvalue weighted by Crippen LogP contribution is -2.36. The van der Waals surface area contributed by atoms with Crippen LogP contribution in [0.15, 0.2) is 51.8 Å². The molecule has 8 heteroatoms. The number of allylic oxidation sites excluding steroid dienone is 1. The van der Waals surface area contributed by atoms with Gasteiger partial charge >= 0.3 is 0 Å². The van der Waals surface area contributed by atoms with E-state index in [4.69, 9.17) is 0 Å². The second-order valence-corrected chi connectivity index (χ2v) is 7.51. The van der Waals surface area contributed by atoms with Gasteiger partial charge in [-0.1, -0.05) is 0 Å². The van der Waals surface area contributed by atoms with Crippen LogP contribution >= 0.6 is 15.9 Å². The van der Waals surface area contributed by atoms with Gasteiger partial charge in [-0.25, -0.2) is 4.98 Å². The second kappa shape index (κ2) is 7.20. The molecule has 2 aliphatic heterocycles. The van der Waals surface area contributed by atoms with Gasteiger partial charge in [0.05, 0.1) is 12.2 Å². The first-order chi connectivity index (χ1) is 13.4. The first-order valence-electron chi connectivity index (χ1n) is 8.81. The number of pyridine rings is 1. The number of hydrogen-bond donors (Lipinski definition) is 2. The van der Waals surface area contributed by atoms with Crippen molar-refractivity contribution < 1.29 is 9.59 Å². The topological polar surface area (TPSA) is 86.7 Å². The van der Waals surface area contributed by atoms with Crippen molar-refractivity contribution in [2.75, 3.05) is 23.7 Å². The molecule has 142 valence electrons. The molecule has 0 unspecified atom stereocenters. The number of amidine groups is 1. The molecule has 4 rings (SSSR count). The summed E-state index contributed by atoms with van der Waals surface area (Å²) in [4.78, 5) is 34.6. The number of amides is 1. The van der Waals surface area contributed by atoms with Gasteiger partial charge in [-0.05, 0) is 52.7 Å². The molecule has 0 atom stereocenters. The van der Waals surface area contributed by atoms with Crippen LogP contribution in [0.5, 0.6) is 0 Å². The number of halogens is 1. The first kappa shape index (κ1) is 18.4. The maximum atomic E-state index is 12.8. The highest BCUT2D eigenvalue weighted by atomic mass is 79.9. The number of rotatable bonds is 3. The Morgan fingerprint density at radius 1 is 1.32 bits per heavy atom. The minimum absolute atomic E-state index is 0.178. The molecule has 2 N–H and O–H groups in total.